The van der Waals surface area contributed by atoms with Gasteiger partial charge < -0.3 is 15.2 Å². The first kappa shape index (κ1) is 18.8. The van der Waals surface area contributed by atoms with Crippen LogP contribution in [-0.4, -0.2) is 43.6 Å². The van der Waals surface area contributed by atoms with Crippen LogP contribution < -0.4 is 5.32 Å². The molecule has 2 fully saturated rings. The van der Waals surface area contributed by atoms with Crippen LogP contribution in [0.5, 0.6) is 0 Å². The minimum Gasteiger partial charge on any atom is -0.364 e. The zero-order chi connectivity index (χ0) is 20.1. The second kappa shape index (κ2) is 6.79. The molecule has 2 aromatic rings. The number of carbonyl (C=O) groups excluding carboxylic acids is 2. The van der Waals surface area contributed by atoms with Gasteiger partial charge in [0.2, 0.25) is 5.91 Å². The smallest absolute Gasteiger partial charge is 0.253 e. The van der Waals surface area contributed by atoms with Crippen LogP contribution in [0.2, 0.25) is 0 Å². The van der Waals surface area contributed by atoms with Gasteiger partial charge in [-0.3, -0.25) is 14.3 Å². The van der Waals surface area contributed by atoms with Crippen molar-refractivity contribution in [3.8, 4) is 0 Å². The molecule has 28 heavy (non-hydrogen) atoms. The highest BCUT2D eigenvalue weighted by Gasteiger charge is 2.46. The number of likely N-dealkylation sites (tertiary alicyclic amines) is 1. The molecule has 1 saturated carbocycles. The Morgan fingerprint density at radius 2 is 2.11 bits per heavy atom. The molecule has 2 aliphatic rings. The maximum atomic E-state index is 12.8. The number of aromatic nitrogens is 3. The van der Waals surface area contributed by atoms with Crippen LogP contribution in [0.1, 0.15) is 73.6 Å². The van der Waals surface area contributed by atoms with E-state index in [2.05, 4.69) is 36.2 Å². The molecule has 7 nitrogen and oxygen atoms in total. The van der Waals surface area contributed by atoms with E-state index in [9.17, 15) is 9.59 Å². The summed E-state index contributed by atoms with van der Waals surface area (Å²) in [5.41, 5.74) is 2.50. The number of hydrogen-bond donors (Lipinski definition) is 2. The Kier molecular flexibility index (Phi) is 4.56. The highest BCUT2D eigenvalue weighted by molar-refractivity contribution is 5.95. The van der Waals surface area contributed by atoms with Crippen molar-refractivity contribution in [2.24, 2.45) is 13.0 Å². The Balaban J connectivity index is 1.53. The molecule has 3 heterocycles. The number of H-pyrrole nitrogens is 1. The lowest BCUT2D eigenvalue weighted by molar-refractivity contribution is -0.133. The molecule has 0 radical (unpaired) electrons. The van der Waals surface area contributed by atoms with Crippen molar-refractivity contribution in [2.75, 3.05) is 6.54 Å². The number of aryl methyl sites for hydroxylation is 1. The lowest BCUT2D eigenvalue weighted by Gasteiger charge is -2.38. The first-order chi connectivity index (χ1) is 13.3. The summed E-state index contributed by atoms with van der Waals surface area (Å²) in [5.74, 6) is 0.571. The second-order valence-electron chi connectivity index (χ2n) is 9.08. The van der Waals surface area contributed by atoms with E-state index in [0.717, 1.165) is 29.7 Å². The van der Waals surface area contributed by atoms with Crippen LogP contribution >= 0.6 is 0 Å². The highest BCUT2D eigenvalue weighted by atomic mass is 16.2. The van der Waals surface area contributed by atoms with Crippen LogP contribution in [0.25, 0.3) is 0 Å². The topological polar surface area (TPSA) is 83.0 Å². The van der Waals surface area contributed by atoms with Crippen LogP contribution in [0, 0.1) is 5.92 Å². The lowest BCUT2D eigenvalue weighted by atomic mass is 9.93. The van der Waals surface area contributed by atoms with Crippen LogP contribution in [0.15, 0.2) is 24.7 Å². The number of hydrogen-bond acceptors (Lipinski definition) is 3. The molecule has 1 saturated heterocycles. The van der Waals surface area contributed by atoms with Crippen molar-refractivity contribution in [3.63, 3.8) is 0 Å². The molecular formula is C21H29N5O2. The fraction of sp³-hybridized carbons (Fsp3) is 0.571. The van der Waals surface area contributed by atoms with Gasteiger partial charge in [0.15, 0.2) is 0 Å². The fourth-order valence-electron chi connectivity index (χ4n) is 4.40. The van der Waals surface area contributed by atoms with Gasteiger partial charge in [-0.05, 0) is 45.6 Å². The predicted octanol–water partition coefficient (Wildman–Crippen LogP) is 2.74. The number of amides is 2. The molecule has 2 aromatic heterocycles. The van der Waals surface area contributed by atoms with Gasteiger partial charge >= 0.3 is 0 Å². The first-order valence-electron chi connectivity index (χ1n) is 10.0. The van der Waals surface area contributed by atoms with Gasteiger partial charge in [0.05, 0.1) is 17.8 Å². The van der Waals surface area contributed by atoms with Crippen molar-refractivity contribution in [2.45, 2.75) is 57.5 Å². The Labute approximate surface area is 165 Å². The van der Waals surface area contributed by atoms with Crippen LogP contribution in [-0.2, 0) is 11.8 Å². The quantitative estimate of drug-likeness (QED) is 0.833. The maximum absolute atomic E-state index is 12.8. The molecule has 0 spiro atoms. The molecule has 1 aliphatic heterocycles. The highest BCUT2D eigenvalue weighted by Crippen LogP contribution is 2.42. The molecule has 1 aliphatic carbocycles. The average Bonchev–Trinajstić information content (AvgIpc) is 3.03. The van der Waals surface area contributed by atoms with E-state index in [1.165, 1.54) is 0 Å². The number of aromatic amines is 1. The van der Waals surface area contributed by atoms with Crippen molar-refractivity contribution in [1.29, 1.82) is 0 Å². The van der Waals surface area contributed by atoms with Crippen molar-refractivity contribution in [3.05, 3.63) is 41.5 Å². The fourth-order valence-corrected chi connectivity index (χ4v) is 4.40. The molecule has 2 N–H and O–H groups in total. The number of nitrogens with zero attached hydrogens (tertiary/aromatic N) is 3. The third-order valence-corrected chi connectivity index (χ3v) is 5.75. The standard InChI is InChI=1S/C21H29N5O2/c1-21(2,3)26-17(27)9-14(19(26)15-11-24-25(4)12-15)10-23-20(28)16-7-8-22-18(16)13-5-6-13/h7-8,11-14,19,22H,5-6,9-10H2,1-4H3,(H,23,28)/t14-,19+/m0/s1. The van der Waals surface area contributed by atoms with E-state index in [4.69, 9.17) is 0 Å². The van der Waals surface area contributed by atoms with E-state index in [1.54, 1.807) is 4.68 Å². The van der Waals surface area contributed by atoms with E-state index in [-0.39, 0.29) is 29.3 Å². The first-order valence-corrected chi connectivity index (χ1v) is 10.0. The molecule has 0 aromatic carbocycles. The minimum atomic E-state index is -0.296. The van der Waals surface area contributed by atoms with Crippen LogP contribution in [0.3, 0.4) is 0 Å². The third-order valence-electron chi connectivity index (χ3n) is 5.75. The predicted molar refractivity (Wildman–Crippen MR) is 106 cm³/mol. The molecule has 150 valence electrons. The van der Waals surface area contributed by atoms with E-state index >= 15 is 0 Å². The zero-order valence-electron chi connectivity index (χ0n) is 17.0. The van der Waals surface area contributed by atoms with Gasteiger partial charge in [-0.15, -0.1) is 0 Å². The molecular weight excluding hydrogens is 354 g/mol. The molecule has 0 unspecified atom stereocenters. The Bertz CT molecular complexity index is 887. The average molecular weight is 383 g/mol. The molecule has 4 rings (SSSR count). The van der Waals surface area contributed by atoms with Gasteiger partial charge in [-0.25, -0.2) is 0 Å². The number of carbonyl (C=O) groups is 2. The van der Waals surface area contributed by atoms with E-state index in [0.29, 0.717) is 18.9 Å². The second-order valence-corrected chi connectivity index (χ2v) is 9.08. The van der Waals surface area contributed by atoms with E-state index < -0.39 is 0 Å². The van der Waals surface area contributed by atoms with Gasteiger partial charge in [0.1, 0.15) is 0 Å². The summed E-state index contributed by atoms with van der Waals surface area (Å²) in [4.78, 5) is 30.8. The number of rotatable bonds is 5. The monoisotopic (exact) mass is 383 g/mol. The summed E-state index contributed by atoms with van der Waals surface area (Å²) < 4.78 is 1.76. The zero-order valence-corrected chi connectivity index (χ0v) is 17.0. The normalized spacial score (nSPS) is 22.7. The van der Waals surface area contributed by atoms with Gasteiger partial charge in [0.25, 0.3) is 5.91 Å². The van der Waals surface area contributed by atoms with Crippen molar-refractivity contribution < 1.29 is 9.59 Å². The summed E-state index contributed by atoms with van der Waals surface area (Å²) in [6.07, 6.45) is 8.34. The molecule has 2 amide bonds. The Hall–Kier alpha value is -2.57. The van der Waals surface area contributed by atoms with Crippen molar-refractivity contribution >= 4 is 11.8 Å². The van der Waals surface area contributed by atoms with Gasteiger partial charge in [-0.1, -0.05) is 0 Å². The summed E-state index contributed by atoms with van der Waals surface area (Å²) in [6.45, 7) is 6.62. The van der Waals surface area contributed by atoms with Gasteiger partial charge in [-0.2, -0.15) is 5.10 Å². The largest absolute Gasteiger partial charge is 0.364 e. The summed E-state index contributed by atoms with van der Waals surface area (Å²) in [5, 5.41) is 7.38. The molecule has 0 bridgehead atoms. The SMILES string of the molecule is Cn1cc([C@H]2[C@H](CNC(=O)c3cc[nH]c3C3CC3)CC(=O)N2C(C)(C)C)cn1. The third kappa shape index (κ3) is 3.45. The van der Waals surface area contributed by atoms with E-state index in [1.807, 2.05) is 36.6 Å². The summed E-state index contributed by atoms with van der Waals surface area (Å²) in [6, 6.07) is 1.76. The Morgan fingerprint density at radius 3 is 2.71 bits per heavy atom. The Morgan fingerprint density at radius 1 is 1.36 bits per heavy atom. The number of nitrogens with one attached hydrogen (secondary N) is 2. The maximum Gasteiger partial charge on any atom is 0.253 e. The summed E-state index contributed by atoms with van der Waals surface area (Å²) in [7, 11) is 1.88. The van der Waals surface area contributed by atoms with Gasteiger partial charge in [0, 0.05) is 55.1 Å². The van der Waals surface area contributed by atoms with Crippen LogP contribution in [0.4, 0.5) is 0 Å². The summed E-state index contributed by atoms with van der Waals surface area (Å²) >= 11 is 0. The van der Waals surface area contributed by atoms with Crippen molar-refractivity contribution in [1.82, 2.24) is 25.0 Å². The molecule has 2 atom stereocenters. The minimum absolute atomic E-state index is 0.0168. The molecule has 7 heteroatoms. The lowest BCUT2D eigenvalue weighted by Crippen LogP contribution is -2.44.